The SMILES string of the molecule is CC(Cl)C(=O)NCC(C)(CC(=O)O)C(=O)O. The molecule has 16 heavy (non-hydrogen) atoms. The first-order valence-electron chi connectivity index (χ1n) is 4.56. The molecule has 92 valence electrons. The third-order valence-electron chi connectivity index (χ3n) is 2.07. The lowest BCUT2D eigenvalue weighted by atomic mass is 9.87. The van der Waals surface area contributed by atoms with Gasteiger partial charge in [0.2, 0.25) is 5.91 Å². The third-order valence-corrected chi connectivity index (χ3v) is 2.27. The van der Waals surface area contributed by atoms with Gasteiger partial charge in [-0.3, -0.25) is 14.4 Å². The number of hydrogen-bond donors (Lipinski definition) is 3. The normalized spacial score (nSPS) is 15.9. The molecule has 0 aromatic carbocycles. The van der Waals surface area contributed by atoms with Gasteiger partial charge >= 0.3 is 11.9 Å². The Balaban J connectivity index is 4.52. The van der Waals surface area contributed by atoms with E-state index in [0.717, 1.165) is 0 Å². The number of hydrogen-bond acceptors (Lipinski definition) is 3. The lowest BCUT2D eigenvalue weighted by Gasteiger charge is -2.23. The van der Waals surface area contributed by atoms with E-state index in [1.54, 1.807) is 0 Å². The van der Waals surface area contributed by atoms with Crippen molar-refractivity contribution in [1.82, 2.24) is 5.32 Å². The highest BCUT2D eigenvalue weighted by atomic mass is 35.5. The smallest absolute Gasteiger partial charge is 0.311 e. The van der Waals surface area contributed by atoms with E-state index in [1.165, 1.54) is 13.8 Å². The second-order valence-corrected chi connectivity index (χ2v) is 4.42. The third kappa shape index (κ3) is 4.48. The van der Waals surface area contributed by atoms with Crippen LogP contribution in [0.1, 0.15) is 20.3 Å². The van der Waals surface area contributed by atoms with Crippen LogP contribution >= 0.6 is 11.6 Å². The molecule has 2 atom stereocenters. The predicted molar refractivity (Wildman–Crippen MR) is 56.3 cm³/mol. The number of alkyl halides is 1. The van der Waals surface area contributed by atoms with Gasteiger partial charge in [0.1, 0.15) is 5.38 Å². The van der Waals surface area contributed by atoms with Gasteiger partial charge in [-0.05, 0) is 13.8 Å². The lowest BCUT2D eigenvalue weighted by Crippen LogP contribution is -2.44. The second kappa shape index (κ2) is 5.69. The summed E-state index contributed by atoms with van der Waals surface area (Å²) in [4.78, 5) is 32.5. The molecule has 0 aliphatic carbocycles. The fourth-order valence-electron chi connectivity index (χ4n) is 0.970. The molecule has 0 aromatic rings. The standard InChI is InChI=1S/C9H14ClNO5/c1-5(10)7(14)11-4-9(2,8(15)16)3-6(12)13/h5H,3-4H2,1-2H3,(H,11,14)(H,12,13)(H,15,16). The van der Waals surface area contributed by atoms with Gasteiger partial charge in [-0.15, -0.1) is 11.6 Å². The molecule has 1 amide bonds. The van der Waals surface area contributed by atoms with Crippen LogP contribution in [0.5, 0.6) is 0 Å². The van der Waals surface area contributed by atoms with Crippen LogP contribution in [0.4, 0.5) is 0 Å². The van der Waals surface area contributed by atoms with Crippen LogP contribution in [0, 0.1) is 5.41 Å². The molecular weight excluding hydrogens is 238 g/mol. The summed E-state index contributed by atoms with van der Waals surface area (Å²) in [6.07, 6.45) is -0.570. The van der Waals surface area contributed by atoms with E-state index in [9.17, 15) is 14.4 Å². The van der Waals surface area contributed by atoms with Crippen molar-refractivity contribution >= 4 is 29.4 Å². The highest BCUT2D eigenvalue weighted by Crippen LogP contribution is 2.20. The molecule has 0 rings (SSSR count). The molecule has 0 aromatic heterocycles. The van der Waals surface area contributed by atoms with Crippen LogP contribution in [0.25, 0.3) is 0 Å². The molecule has 6 nitrogen and oxygen atoms in total. The van der Waals surface area contributed by atoms with Crippen molar-refractivity contribution in [2.24, 2.45) is 5.41 Å². The van der Waals surface area contributed by atoms with Crippen LogP contribution in [-0.2, 0) is 14.4 Å². The number of halogens is 1. The molecule has 0 saturated heterocycles. The quantitative estimate of drug-likeness (QED) is 0.589. The van der Waals surface area contributed by atoms with Crippen LogP contribution in [0.15, 0.2) is 0 Å². The van der Waals surface area contributed by atoms with Crippen LogP contribution in [0.3, 0.4) is 0 Å². The van der Waals surface area contributed by atoms with E-state index in [0.29, 0.717) is 0 Å². The molecule has 7 heteroatoms. The van der Waals surface area contributed by atoms with Crippen LogP contribution in [0.2, 0.25) is 0 Å². The number of carboxylic acid groups (broad SMARTS) is 2. The zero-order chi connectivity index (χ0) is 12.9. The number of rotatable bonds is 6. The van der Waals surface area contributed by atoms with Crippen molar-refractivity contribution in [2.75, 3.05) is 6.54 Å². The van der Waals surface area contributed by atoms with E-state index in [-0.39, 0.29) is 6.54 Å². The minimum absolute atomic E-state index is 0.273. The zero-order valence-corrected chi connectivity index (χ0v) is 9.74. The van der Waals surface area contributed by atoms with Gasteiger partial charge in [0.05, 0.1) is 11.8 Å². The van der Waals surface area contributed by atoms with Gasteiger partial charge in [0, 0.05) is 6.54 Å². The summed E-state index contributed by atoms with van der Waals surface area (Å²) in [5.41, 5.74) is -1.53. The molecule has 0 fully saturated rings. The number of carboxylic acids is 2. The average molecular weight is 252 g/mol. The summed E-state index contributed by atoms with van der Waals surface area (Å²) >= 11 is 5.47. The minimum Gasteiger partial charge on any atom is -0.481 e. The average Bonchev–Trinajstić information content (AvgIpc) is 2.12. The summed E-state index contributed by atoms with van der Waals surface area (Å²) in [7, 11) is 0. The minimum atomic E-state index is -1.53. The molecule has 0 aliphatic heterocycles. The first kappa shape index (κ1) is 14.7. The van der Waals surface area contributed by atoms with Crippen LogP contribution in [-0.4, -0.2) is 40.0 Å². The van der Waals surface area contributed by atoms with Crippen molar-refractivity contribution in [3.63, 3.8) is 0 Å². The second-order valence-electron chi connectivity index (χ2n) is 3.77. The largest absolute Gasteiger partial charge is 0.481 e. The van der Waals surface area contributed by atoms with Crippen molar-refractivity contribution < 1.29 is 24.6 Å². The van der Waals surface area contributed by atoms with Crippen molar-refractivity contribution in [3.05, 3.63) is 0 Å². The Morgan fingerprint density at radius 1 is 1.38 bits per heavy atom. The van der Waals surface area contributed by atoms with Crippen LogP contribution < -0.4 is 5.32 Å². The summed E-state index contributed by atoms with van der Waals surface area (Å²) < 4.78 is 0. The van der Waals surface area contributed by atoms with E-state index in [4.69, 9.17) is 21.8 Å². The first-order chi connectivity index (χ1) is 7.19. The Morgan fingerprint density at radius 3 is 2.19 bits per heavy atom. The summed E-state index contributed by atoms with van der Waals surface area (Å²) in [5.74, 6) is -3.05. The Kier molecular flexibility index (Phi) is 5.23. The Labute approximate surface area is 97.6 Å². The molecule has 3 N–H and O–H groups in total. The maximum atomic E-state index is 11.1. The Morgan fingerprint density at radius 2 is 1.88 bits per heavy atom. The molecule has 0 spiro atoms. The van der Waals surface area contributed by atoms with Gasteiger partial charge in [-0.2, -0.15) is 0 Å². The van der Waals surface area contributed by atoms with Gasteiger partial charge < -0.3 is 15.5 Å². The molecule has 0 saturated carbocycles. The number of carbonyl (C=O) groups is 3. The molecule has 0 bridgehead atoms. The van der Waals surface area contributed by atoms with E-state index in [1.807, 2.05) is 0 Å². The van der Waals surface area contributed by atoms with Gasteiger partial charge in [0.25, 0.3) is 0 Å². The number of nitrogens with one attached hydrogen (secondary N) is 1. The Hall–Kier alpha value is -1.30. The summed E-state index contributed by atoms with van der Waals surface area (Å²) in [6, 6.07) is 0. The van der Waals surface area contributed by atoms with Crippen molar-refractivity contribution in [3.8, 4) is 0 Å². The fourth-order valence-corrected chi connectivity index (χ4v) is 1.05. The molecule has 0 aliphatic rings. The number of amides is 1. The van der Waals surface area contributed by atoms with E-state index in [2.05, 4.69) is 5.32 Å². The fraction of sp³-hybridized carbons (Fsp3) is 0.667. The van der Waals surface area contributed by atoms with Gasteiger partial charge in [0.15, 0.2) is 0 Å². The lowest BCUT2D eigenvalue weighted by molar-refractivity contribution is -0.154. The van der Waals surface area contributed by atoms with E-state index < -0.39 is 35.1 Å². The van der Waals surface area contributed by atoms with Crippen molar-refractivity contribution in [1.29, 1.82) is 0 Å². The summed E-state index contributed by atoms with van der Waals surface area (Å²) in [5, 5.41) is 19.0. The summed E-state index contributed by atoms with van der Waals surface area (Å²) in [6.45, 7) is 2.42. The maximum absolute atomic E-state index is 11.1. The Bertz CT molecular complexity index is 304. The molecule has 0 radical (unpaired) electrons. The predicted octanol–water partition coefficient (Wildman–Crippen LogP) is 0.295. The van der Waals surface area contributed by atoms with Gasteiger partial charge in [-0.1, -0.05) is 0 Å². The monoisotopic (exact) mass is 251 g/mol. The van der Waals surface area contributed by atoms with E-state index >= 15 is 0 Å². The zero-order valence-electron chi connectivity index (χ0n) is 8.99. The number of aliphatic carboxylic acids is 2. The highest BCUT2D eigenvalue weighted by molar-refractivity contribution is 6.30. The molecule has 2 unspecified atom stereocenters. The highest BCUT2D eigenvalue weighted by Gasteiger charge is 2.36. The van der Waals surface area contributed by atoms with Gasteiger partial charge in [-0.25, -0.2) is 0 Å². The molecular formula is C9H14ClNO5. The molecule has 0 heterocycles. The number of carbonyl (C=O) groups excluding carboxylic acids is 1. The maximum Gasteiger partial charge on any atom is 0.311 e. The first-order valence-corrected chi connectivity index (χ1v) is 4.99. The van der Waals surface area contributed by atoms with Crippen molar-refractivity contribution in [2.45, 2.75) is 25.6 Å². The topological polar surface area (TPSA) is 104 Å².